The number of carbonyl (C=O) groups is 1. The largest absolute Gasteiger partial charge is 0.411 e. The van der Waals surface area contributed by atoms with Crippen molar-refractivity contribution in [3.8, 4) is 0 Å². The van der Waals surface area contributed by atoms with Gasteiger partial charge in [0.1, 0.15) is 5.78 Å². The van der Waals surface area contributed by atoms with Crippen LogP contribution in [0, 0.1) is 11.8 Å². The molecule has 1 fully saturated rings. The van der Waals surface area contributed by atoms with Gasteiger partial charge in [-0.2, -0.15) is 0 Å². The molecule has 0 radical (unpaired) electrons. The number of Topliss-reactive ketones (excluding diaryl/α,β-unsaturated/α-hetero) is 1. The maximum Gasteiger partial charge on any atom is 0.129 e. The van der Waals surface area contributed by atoms with Gasteiger partial charge in [-0.1, -0.05) is 68.6 Å². The fourth-order valence-electron chi connectivity index (χ4n) is 4.27. The standard InChI is InChI=1S/C24H39NO2/c1-4-13-21(5-2)15-10-8-12-17-23-22(18-19-24(23)25-27)16-11-7-6-9-14-20(3)26/h4-5,13,22-23,27H,1-2,6-12,14-19H2,3H3/b21-13+,25-24-/t22-,23+/m0/s1. The number of oxime groups is 1. The Labute approximate surface area is 166 Å². The van der Waals surface area contributed by atoms with Crippen molar-refractivity contribution in [3.63, 3.8) is 0 Å². The monoisotopic (exact) mass is 373 g/mol. The number of nitrogens with zero attached hydrogens (tertiary/aromatic N) is 1. The van der Waals surface area contributed by atoms with Gasteiger partial charge in [0.05, 0.1) is 5.71 Å². The molecule has 1 rings (SSSR count). The molecule has 1 N–H and O–H groups in total. The topological polar surface area (TPSA) is 49.7 Å². The van der Waals surface area contributed by atoms with Crippen LogP contribution in [-0.2, 0) is 4.79 Å². The van der Waals surface area contributed by atoms with Crippen LogP contribution in [0.25, 0.3) is 0 Å². The summed E-state index contributed by atoms with van der Waals surface area (Å²) in [6, 6.07) is 0. The van der Waals surface area contributed by atoms with Crippen molar-refractivity contribution < 1.29 is 10.0 Å². The van der Waals surface area contributed by atoms with Gasteiger partial charge in [0.2, 0.25) is 0 Å². The molecule has 0 aliphatic heterocycles. The van der Waals surface area contributed by atoms with Gasteiger partial charge >= 0.3 is 0 Å². The molecule has 0 aromatic carbocycles. The van der Waals surface area contributed by atoms with Crippen LogP contribution in [0.4, 0.5) is 0 Å². The van der Waals surface area contributed by atoms with E-state index in [9.17, 15) is 10.0 Å². The Bertz CT molecular complexity index is 518. The van der Waals surface area contributed by atoms with E-state index < -0.39 is 0 Å². The third-order valence-electron chi connectivity index (χ3n) is 5.83. The van der Waals surface area contributed by atoms with Gasteiger partial charge < -0.3 is 10.0 Å². The third-order valence-corrected chi connectivity index (χ3v) is 5.83. The molecule has 0 aromatic heterocycles. The number of hydrogen-bond donors (Lipinski definition) is 1. The van der Waals surface area contributed by atoms with Gasteiger partial charge in [-0.25, -0.2) is 0 Å². The van der Waals surface area contributed by atoms with Crippen LogP contribution in [0.5, 0.6) is 0 Å². The van der Waals surface area contributed by atoms with Crippen LogP contribution in [0.2, 0.25) is 0 Å². The SMILES string of the molecule is C=C/C=C(\C=C)CCCCC[C@H]1/C(=N\O)CC[C@@H]1CCCCCCC(C)=O. The molecule has 0 unspecified atom stereocenters. The predicted octanol–water partition coefficient (Wildman–Crippen LogP) is 7.02. The van der Waals surface area contributed by atoms with E-state index in [-0.39, 0.29) is 0 Å². The lowest BCUT2D eigenvalue weighted by atomic mass is 9.86. The molecular formula is C24H39NO2. The number of rotatable bonds is 15. The van der Waals surface area contributed by atoms with Gasteiger partial charge in [0.15, 0.2) is 0 Å². The lowest BCUT2D eigenvalue weighted by molar-refractivity contribution is -0.117. The lowest BCUT2D eigenvalue weighted by Crippen LogP contribution is -2.15. The summed E-state index contributed by atoms with van der Waals surface area (Å²) >= 11 is 0. The summed E-state index contributed by atoms with van der Waals surface area (Å²) in [5.41, 5.74) is 2.28. The smallest absolute Gasteiger partial charge is 0.129 e. The summed E-state index contributed by atoms with van der Waals surface area (Å²) in [5, 5.41) is 12.9. The first-order chi connectivity index (χ1) is 13.1. The quantitative estimate of drug-likeness (QED) is 0.145. The van der Waals surface area contributed by atoms with Crippen molar-refractivity contribution in [3.05, 3.63) is 37.0 Å². The highest BCUT2D eigenvalue weighted by Gasteiger charge is 2.32. The molecule has 1 aliphatic rings. The fourth-order valence-corrected chi connectivity index (χ4v) is 4.27. The molecular weight excluding hydrogens is 334 g/mol. The van der Waals surface area contributed by atoms with Gasteiger partial charge in [0.25, 0.3) is 0 Å². The highest BCUT2D eigenvalue weighted by atomic mass is 16.4. The van der Waals surface area contributed by atoms with Gasteiger partial charge in [0, 0.05) is 12.3 Å². The Morgan fingerprint density at radius 3 is 2.41 bits per heavy atom. The van der Waals surface area contributed by atoms with Crippen LogP contribution in [-0.4, -0.2) is 16.7 Å². The minimum Gasteiger partial charge on any atom is -0.411 e. The van der Waals surface area contributed by atoms with Crippen molar-refractivity contribution in [2.24, 2.45) is 17.0 Å². The zero-order valence-electron chi connectivity index (χ0n) is 17.3. The van der Waals surface area contributed by atoms with E-state index in [1.54, 1.807) is 6.92 Å². The first-order valence-corrected chi connectivity index (χ1v) is 10.8. The predicted molar refractivity (Wildman–Crippen MR) is 115 cm³/mol. The summed E-state index contributed by atoms with van der Waals surface area (Å²) in [5.74, 6) is 1.44. The van der Waals surface area contributed by atoms with Crippen LogP contribution in [0.1, 0.15) is 90.4 Å². The summed E-state index contributed by atoms with van der Waals surface area (Å²) in [4.78, 5) is 11.0. The number of hydrogen-bond acceptors (Lipinski definition) is 3. The summed E-state index contributed by atoms with van der Waals surface area (Å²) < 4.78 is 0. The first kappa shape index (κ1) is 23.4. The third kappa shape index (κ3) is 9.74. The Morgan fingerprint density at radius 1 is 1.07 bits per heavy atom. The van der Waals surface area contributed by atoms with Gasteiger partial charge in [-0.3, -0.25) is 0 Å². The molecule has 0 bridgehead atoms. The minimum atomic E-state index is 0.301. The molecule has 1 saturated carbocycles. The molecule has 3 nitrogen and oxygen atoms in total. The maximum atomic E-state index is 11.0. The molecule has 2 atom stereocenters. The van der Waals surface area contributed by atoms with E-state index in [0.717, 1.165) is 44.2 Å². The fraction of sp³-hybridized carbons (Fsp3) is 0.667. The molecule has 0 heterocycles. The van der Waals surface area contributed by atoms with Crippen LogP contribution < -0.4 is 0 Å². The Morgan fingerprint density at radius 2 is 1.74 bits per heavy atom. The Kier molecular flexibility index (Phi) is 12.5. The van der Waals surface area contributed by atoms with Crippen molar-refractivity contribution in [2.45, 2.75) is 90.4 Å². The molecule has 27 heavy (non-hydrogen) atoms. The number of carbonyl (C=O) groups excluding carboxylic acids is 1. The van der Waals surface area contributed by atoms with E-state index >= 15 is 0 Å². The second-order valence-electron chi connectivity index (χ2n) is 7.93. The second-order valence-corrected chi connectivity index (χ2v) is 7.93. The van der Waals surface area contributed by atoms with Gasteiger partial charge in [-0.05, 0) is 63.4 Å². The lowest BCUT2D eigenvalue weighted by Gasteiger charge is -2.19. The average molecular weight is 374 g/mol. The van der Waals surface area contributed by atoms with Crippen molar-refractivity contribution >= 4 is 11.5 Å². The van der Waals surface area contributed by atoms with E-state index in [1.807, 2.05) is 18.2 Å². The average Bonchev–Trinajstić information content (AvgIpc) is 3.05. The van der Waals surface area contributed by atoms with Crippen LogP contribution in [0.15, 0.2) is 42.1 Å². The minimum absolute atomic E-state index is 0.301. The molecule has 0 amide bonds. The van der Waals surface area contributed by atoms with Crippen molar-refractivity contribution in [2.75, 3.05) is 0 Å². The van der Waals surface area contributed by atoms with Gasteiger partial charge in [-0.15, -0.1) is 0 Å². The second kappa shape index (κ2) is 14.4. The molecule has 152 valence electrons. The summed E-state index contributed by atoms with van der Waals surface area (Å²) in [6.45, 7) is 9.27. The highest BCUT2D eigenvalue weighted by molar-refractivity contribution is 5.88. The van der Waals surface area contributed by atoms with Crippen molar-refractivity contribution in [1.82, 2.24) is 0 Å². The number of unbranched alkanes of at least 4 members (excludes halogenated alkanes) is 5. The molecule has 0 saturated heterocycles. The Hall–Kier alpha value is -1.64. The van der Waals surface area contributed by atoms with Crippen molar-refractivity contribution in [1.29, 1.82) is 0 Å². The molecule has 0 aromatic rings. The van der Waals surface area contributed by atoms with E-state index in [1.165, 1.54) is 50.5 Å². The van der Waals surface area contributed by atoms with E-state index in [4.69, 9.17) is 0 Å². The number of allylic oxidation sites excluding steroid dienone is 4. The van der Waals surface area contributed by atoms with Crippen LogP contribution in [0.3, 0.4) is 0 Å². The maximum absolute atomic E-state index is 11.0. The first-order valence-electron chi connectivity index (χ1n) is 10.8. The molecule has 1 aliphatic carbocycles. The Balaban J connectivity index is 2.28. The summed E-state index contributed by atoms with van der Waals surface area (Å²) in [6.07, 6.45) is 20.2. The van der Waals surface area contributed by atoms with E-state index in [0.29, 0.717) is 17.6 Å². The normalized spacial score (nSPS) is 21.5. The molecule has 0 spiro atoms. The zero-order chi connectivity index (χ0) is 19.9. The van der Waals surface area contributed by atoms with E-state index in [2.05, 4.69) is 18.3 Å². The zero-order valence-corrected chi connectivity index (χ0v) is 17.3. The van der Waals surface area contributed by atoms with Crippen LogP contribution >= 0.6 is 0 Å². The highest BCUT2D eigenvalue weighted by Crippen LogP contribution is 2.37. The molecule has 3 heteroatoms. The number of ketones is 1. The summed E-state index contributed by atoms with van der Waals surface area (Å²) in [7, 11) is 0.